The molecule has 3 aliphatic rings. The third kappa shape index (κ3) is 4.02. The number of halogens is 1. The van der Waals surface area contributed by atoms with Crippen molar-refractivity contribution in [3.05, 3.63) is 80.6 Å². The standard InChI is InChI=1S/C27H26BrNO5/c1-3-9-32-27(31)24-15(2)29-20-10-17(16-7-5-4-6-8-16)11-21(30)26(20)25(24)18-12-22-23(13-19(18)28)34-14-33-22/h4-8,12-13,17,25,29H,3,9-11,14H2,1-2H3/t17-,25+/m0/s1. The van der Waals surface area contributed by atoms with Crippen LogP contribution in [0, 0.1) is 0 Å². The Morgan fingerprint density at radius 2 is 1.88 bits per heavy atom. The Morgan fingerprint density at radius 1 is 1.15 bits per heavy atom. The minimum atomic E-state index is -0.561. The first-order valence-electron chi connectivity index (χ1n) is 11.5. The molecule has 0 spiro atoms. The molecule has 0 unspecified atom stereocenters. The smallest absolute Gasteiger partial charge is 0.336 e. The second-order valence-electron chi connectivity index (χ2n) is 8.79. The molecule has 7 heteroatoms. The monoisotopic (exact) mass is 523 g/mol. The number of carbonyl (C=O) groups is 2. The molecule has 5 rings (SSSR count). The molecular formula is C27H26BrNO5. The zero-order valence-electron chi connectivity index (χ0n) is 19.2. The van der Waals surface area contributed by atoms with Crippen LogP contribution in [0.1, 0.15) is 56.1 Å². The van der Waals surface area contributed by atoms with Crippen molar-refractivity contribution in [1.82, 2.24) is 5.32 Å². The van der Waals surface area contributed by atoms with Gasteiger partial charge in [0.25, 0.3) is 0 Å². The third-order valence-corrected chi connectivity index (χ3v) is 7.25. The van der Waals surface area contributed by atoms with Crippen LogP contribution in [-0.4, -0.2) is 25.2 Å². The van der Waals surface area contributed by atoms with Gasteiger partial charge in [-0.25, -0.2) is 4.79 Å². The van der Waals surface area contributed by atoms with Crippen molar-refractivity contribution < 1.29 is 23.8 Å². The van der Waals surface area contributed by atoms with Crippen LogP contribution in [0.3, 0.4) is 0 Å². The lowest BCUT2D eigenvalue weighted by atomic mass is 9.71. The molecule has 176 valence electrons. The van der Waals surface area contributed by atoms with E-state index in [9.17, 15) is 9.59 Å². The van der Waals surface area contributed by atoms with Crippen LogP contribution in [-0.2, 0) is 14.3 Å². The van der Waals surface area contributed by atoms with Gasteiger partial charge in [-0.3, -0.25) is 4.79 Å². The molecular weight excluding hydrogens is 498 g/mol. The zero-order valence-corrected chi connectivity index (χ0v) is 20.7. The Labute approximate surface area is 207 Å². The Morgan fingerprint density at radius 3 is 2.62 bits per heavy atom. The number of esters is 1. The van der Waals surface area contributed by atoms with Crippen LogP contribution in [0.5, 0.6) is 11.5 Å². The first-order valence-corrected chi connectivity index (χ1v) is 12.3. The molecule has 2 aromatic rings. The van der Waals surface area contributed by atoms with E-state index < -0.39 is 11.9 Å². The van der Waals surface area contributed by atoms with Gasteiger partial charge in [0, 0.05) is 33.8 Å². The number of ether oxygens (including phenoxy) is 3. The van der Waals surface area contributed by atoms with Gasteiger partial charge in [0.15, 0.2) is 17.3 Å². The SMILES string of the molecule is CCCOC(=O)C1=C(C)NC2=C(C(=O)C[C@@H](c3ccccc3)C2)[C@@H]1c1cc2c(cc1Br)OCO2. The molecule has 0 bridgehead atoms. The highest BCUT2D eigenvalue weighted by molar-refractivity contribution is 9.10. The number of allylic oxidation sites excluding steroid dienone is 3. The average molecular weight is 524 g/mol. The van der Waals surface area contributed by atoms with Crippen LogP contribution < -0.4 is 14.8 Å². The van der Waals surface area contributed by atoms with Gasteiger partial charge in [-0.15, -0.1) is 0 Å². The molecule has 1 N–H and O–H groups in total. The van der Waals surface area contributed by atoms with Crippen molar-refractivity contribution in [2.24, 2.45) is 0 Å². The van der Waals surface area contributed by atoms with E-state index in [2.05, 4.69) is 33.4 Å². The van der Waals surface area contributed by atoms with Gasteiger partial charge in [0.05, 0.1) is 12.2 Å². The summed E-state index contributed by atoms with van der Waals surface area (Å²) in [6.45, 7) is 4.29. The van der Waals surface area contributed by atoms with Crippen molar-refractivity contribution in [2.75, 3.05) is 13.4 Å². The summed E-state index contributed by atoms with van der Waals surface area (Å²) >= 11 is 3.66. The second kappa shape index (κ2) is 9.29. The predicted octanol–water partition coefficient (Wildman–Crippen LogP) is 5.49. The minimum absolute atomic E-state index is 0.0328. The number of carbonyl (C=O) groups excluding carboxylic acids is 2. The summed E-state index contributed by atoms with van der Waals surface area (Å²) < 4.78 is 17.4. The van der Waals surface area contributed by atoms with Crippen molar-refractivity contribution in [1.29, 1.82) is 0 Å². The maximum Gasteiger partial charge on any atom is 0.336 e. The van der Waals surface area contributed by atoms with Gasteiger partial charge >= 0.3 is 5.97 Å². The highest BCUT2D eigenvalue weighted by Crippen LogP contribution is 2.49. The fourth-order valence-corrected chi connectivity index (χ4v) is 5.56. The van der Waals surface area contributed by atoms with E-state index in [1.807, 2.05) is 44.2 Å². The first kappa shape index (κ1) is 22.7. The van der Waals surface area contributed by atoms with Crippen molar-refractivity contribution in [3.8, 4) is 11.5 Å². The number of ketones is 1. The summed E-state index contributed by atoms with van der Waals surface area (Å²) in [6, 6.07) is 13.8. The Hall–Kier alpha value is -3.06. The minimum Gasteiger partial charge on any atom is -0.462 e. The Bertz CT molecular complexity index is 1220. The quantitative estimate of drug-likeness (QED) is 0.522. The number of nitrogens with one attached hydrogen (secondary N) is 1. The number of fused-ring (bicyclic) bond motifs is 1. The summed E-state index contributed by atoms with van der Waals surface area (Å²) in [5, 5.41) is 3.39. The normalized spacial score (nSPS) is 21.3. The lowest BCUT2D eigenvalue weighted by molar-refractivity contribution is -0.139. The average Bonchev–Trinajstić information content (AvgIpc) is 3.28. The van der Waals surface area contributed by atoms with Crippen LogP contribution in [0.4, 0.5) is 0 Å². The van der Waals surface area contributed by atoms with Gasteiger partial charge in [0.2, 0.25) is 6.79 Å². The summed E-state index contributed by atoms with van der Waals surface area (Å²) in [6.07, 6.45) is 1.80. The number of hydrogen-bond acceptors (Lipinski definition) is 6. The van der Waals surface area contributed by atoms with Gasteiger partial charge < -0.3 is 19.5 Å². The van der Waals surface area contributed by atoms with Crippen LogP contribution in [0.25, 0.3) is 0 Å². The molecule has 6 nitrogen and oxygen atoms in total. The first-order chi connectivity index (χ1) is 16.5. The van der Waals surface area contributed by atoms with E-state index in [1.54, 1.807) is 0 Å². The van der Waals surface area contributed by atoms with E-state index in [1.165, 1.54) is 0 Å². The maximum atomic E-state index is 13.7. The van der Waals surface area contributed by atoms with Crippen LogP contribution in [0.2, 0.25) is 0 Å². The number of dihydropyridines is 1. The second-order valence-corrected chi connectivity index (χ2v) is 9.65. The molecule has 0 fully saturated rings. The number of Topliss-reactive ketones (excluding diaryl/α,β-unsaturated/α-hetero) is 1. The van der Waals surface area contributed by atoms with Crippen molar-refractivity contribution in [2.45, 2.75) is 44.9 Å². The largest absolute Gasteiger partial charge is 0.462 e. The van der Waals surface area contributed by atoms with Crippen LogP contribution >= 0.6 is 15.9 Å². The molecule has 0 saturated heterocycles. The molecule has 34 heavy (non-hydrogen) atoms. The van der Waals surface area contributed by atoms with Crippen molar-refractivity contribution >= 4 is 27.7 Å². The zero-order chi connectivity index (χ0) is 23.8. The molecule has 1 aliphatic carbocycles. The molecule has 2 aromatic carbocycles. The maximum absolute atomic E-state index is 13.7. The molecule has 2 atom stereocenters. The highest BCUT2D eigenvalue weighted by atomic mass is 79.9. The van der Waals surface area contributed by atoms with Crippen LogP contribution in [0.15, 0.2) is 69.5 Å². The molecule has 0 amide bonds. The summed E-state index contributed by atoms with van der Waals surface area (Å²) in [5.41, 5.74) is 4.58. The summed E-state index contributed by atoms with van der Waals surface area (Å²) in [7, 11) is 0. The molecule has 2 heterocycles. The Kier molecular flexibility index (Phi) is 6.21. The van der Waals surface area contributed by atoms with E-state index in [-0.39, 0.29) is 18.5 Å². The number of hydrogen-bond donors (Lipinski definition) is 1. The fraction of sp³-hybridized carbons (Fsp3) is 0.333. The van der Waals surface area contributed by atoms with Gasteiger partial charge in [-0.05, 0) is 48.9 Å². The van der Waals surface area contributed by atoms with Crippen molar-refractivity contribution in [3.63, 3.8) is 0 Å². The molecule has 0 radical (unpaired) electrons. The topological polar surface area (TPSA) is 73.9 Å². The molecule has 0 saturated carbocycles. The lowest BCUT2D eigenvalue weighted by Crippen LogP contribution is -2.36. The van der Waals surface area contributed by atoms with Gasteiger partial charge in [0.1, 0.15) is 0 Å². The van der Waals surface area contributed by atoms with E-state index >= 15 is 0 Å². The molecule has 2 aliphatic heterocycles. The van der Waals surface area contributed by atoms with E-state index in [4.69, 9.17) is 14.2 Å². The summed E-state index contributed by atoms with van der Waals surface area (Å²) in [4.78, 5) is 26.9. The predicted molar refractivity (Wildman–Crippen MR) is 131 cm³/mol. The fourth-order valence-electron chi connectivity index (χ4n) is 5.01. The van der Waals surface area contributed by atoms with E-state index in [0.29, 0.717) is 47.8 Å². The molecule has 0 aromatic heterocycles. The van der Waals surface area contributed by atoms with E-state index in [0.717, 1.165) is 27.7 Å². The third-order valence-electron chi connectivity index (χ3n) is 6.56. The highest BCUT2D eigenvalue weighted by Gasteiger charge is 2.42. The lowest BCUT2D eigenvalue weighted by Gasteiger charge is -2.37. The Balaban J connectivity index is 1.62. The van der Waals surface area contributed by atoms with Gasteiger partial charge in [-0.1, -0.05) is 53.2 Å². The number of benzene rings is 2. The summed E-state index contributed by atoms with van der Waals surface area (Å²) in [5.74, 6) is 0.379. The van der Waals surface area contributed by atoms with Gasteiger partial charge in [-0.2, -0.15) is 0 Å². The number of rotatable bonds is 5.